The summed E-state index contributed by atoms with van der Waals surface area (Å²) in [6, 6.07) is 25.4. The lowest BCUT2D eigenvalue weighted by Crippen LogP contribution is -2.49. The molecule has 0 radical (unpaired) electrons. The van der Waals surface area contributed by atoms with Crippen molar-refractivity contribution >= 4 is 11.8 Å². The molecule has 0 spiro atoms. The molecule has 0 saturated carbocycles. The number of hydrogen-bond acceptors (Lipinski definition) is 4. The van der Waals surface area contributed by atoms with E-state index in [4.69, 9.17) is 5.73 Å². The van der Waals surface area contributed by atoms with Crippen molar-refractivity contribution in [3.63, 3.8) is 0 Å². The number of nitrogens with zero attached hydrogens (tertiary/aromatic N) is 1. The van der Waals surface area contributed by atoms with Crippen LogP contribution in [-0.2, 0) is 16.1 Å². The van der Waals surface area contributed by atoms with Crippen molar-refractivity contribution in [3.05, 3.63) is 102 Å². The predicted octanol–water partition coefficient (Wildman–Crippen LogP) is 4.19. The van der Waals surface area contributed by atoms with Gasteiger partial charge in [0.2, 0.25) is 11.8 Å². The number of amides is 2. The summed E-state index contributed by atoms with van der Waals surface area (Å²) in [6.07, 6.45) is 3.50. The molecule has 0 bridgehead atoms. The normalized spacial score (nSPS) is 14.9. The van der Waals surface area contributed by atoms with Crippen LogP contribution in [0, 0.1) is 5.92 Å². The number of hydrogen-bond donors (Lipinski definition) is 3. The molecule has 6 nitrogen and oxygen atoms in total. The molecule has 0 aliphatic carbocycles. The number of primary amides is 1. The molecule has 4 N–H and O–H groups in total. The molecular formula is C30H35N3O3. The Labute approximate surface area is 213 Å². The van der Waals surface area contributed by atoms with Crippen molar-refractivity contribution in [2.24, 2.45) is 11.7 Å². The number of benzene rings is 3. The highest BCUT2D eigenvalue weighted by Gasteiger charge is 2.35. The maximum atomic E-state index is 14.4. The summed E-state index contributed by atoms with van der Waals surface area (Å²) in [5, 5.41) is 13.1. The first-order valence-corrected chi connectivity index (χ1v) is 12.7. The van der Waals surface area contributed by atoms with Gasteiger partial charge in [0.25, 0.3) is 0 Å². The molecule has 36 heavy (non-hydrogen) atoms. The van der Waals surface area contributed by atoms with E-state index < -0.39 is 17.9 Å². The fourth-order valence-corrected chi connectivity index (χ4v) is 5.09. The Morgan fingerprint density at radius 2 is 1.44 bits per heavy atom. The molecule has 0 aromatic heterocycles. The van der Waals surface area contributed by atoms with Gasteiger partial charge in [0.15, 0.2) is 0 Å². The van der Waals surface area contributed by atoms with Crippen LogP contribution in [0.1, 0.15) is 48.3 Å². The van der Waals surface area contributed by atoms with Gasteiger partial charge in [-0.05, 0) is 73.5 Å². The Morgan fingerprint density at radius 1 is 0.889 bits per heavy atom. The Hall–Kier alpha value is -3.64. The molecule has 1 fully saturated rings. The largest absolute Gasteiger partial charge is 0.508 e. The molecule has 188 valence electrons. The molecule has 1 atom stereocenters. The molecule has 1 heterocycles. The van der Waals surface area contributed by atoms with Crippen molar-refractivity contribution < 1.29 is 14.7 Å². The van der Waals surface area contributed by atoms with E-state index in [1.54, 1.807) is 29.2 Å². The smallest absolute Gasteiger partial charge is 0.240 e. The number of phenols is 1. The van der Waals surface area contributed by atoms with Crippen molar-refractivity contribution in [3.8, 4) is 5.75 Å². The lowest BCUT2D eigenvalue weighted by molar-refractivity contribution is -0.141. The SMILES string of the molecule is NC(=O)[C@@H](CCC1CCNCC1)N(Cc1ccc(O)cc1)C(=O)C(c1ccccc1)c1ccccc1. The van der Waals surface area contributed by atoms with Crippen LogP contribution in [0.2, 0.25) is 0 Å². The quantitative estimate of drug-likeness (QED) is 0.401. The zero-order valence-electron chi connectivity index (χ0n) is 20.6. The van der Waals surface area contributed by atoms with Crippen LogP contribution in [0.3, 0.4) is 0 Å². The summed E-state index contributed by atoms with van der Waals surface area (Å²) in [5.41, 5.74) is 8.52. The Balaban J connectivity index is 1.69. The number of carbonyl (C=O) groups is 2. The van der Waals surface area contributed by atoms with E-state index in [1.165, 1.54) is 0 Å². The standard InChI is InChI=1S/C30H35N3O3/c31-29(35)27(16-13-22-17-19-32-20-18-22)33(21-23-11-14-26(34)15-12-23)30(36)28(24-7-3-1-4-8-24)25-9-5-2-6-10-25/h1-12,14-15,22,27-28,32,34H,13,16-21H2,(H2,31,35)/t27-/m1/s1. The van der Waals surface area contributed by atoms with Gasteiger partial charge < -0.3 is 21.1 Å². The zero-order valence-corrected chi connectivity index (χ0v) is 20.6. The van der Waals surface area contributed by atoms with Crippen molar-refractivity contribution in [1.29, 1.82) is 0 Å². The van der Waals surface area contributed by atoms with E-state index in [1.807, 2.05) is 60.7 Å². The second-order valence-corrected chi connectivity index (χ2v) is 9.58. The molecule has 3 aromatic rings. The second kappa shape index (κ2) is 12.4. The van der Waals surface area contributed by atoms with Gasteiger partial charge in [-0.3, -0.25) is 9.59 Å². The number of carbonyl (C=O) groups excluding carboxylic acids is 2. The summed E-state index contributed by atoms with van der Waals surface area (Å²) in [7, 11) is 0. The summed E-state index contributed by atoms with van der Waals surface area (Å²) >= 11 is 0. The third kappa shape index (κ3) is 6.52. The van der Waals surface area contributed by atoms with Crippen molar-refractivity contribution in [2.45, 2.75) is 44.2 Å². The van der Waals surface area contributed by atoms with Crippen LogP contribution in [0.4, 0.5) is 0 Å². The lowest BCUT2D eigenvalue weighted by atomic mass is 9.88. The van der Waals surface area contributed by atoms with Crippen LogP contribution >= 0.6 is 0 Å². The molecule has 2 amide bonds. The molecule has 4 rings (SSSR count). The number of nitrogens with two attached hydrogens (primary N) is 1. The first-order valence-electron chi connectivity index (χ1n) is 12.7. The van der Waals surface area contributed by atoms with E-state index in [9.17, 15) is 14.7 Å². The molecule has 0 unspecified atom stereocenters. The van der Waals surface area contributed by atoms with E-state index in [2.05, 4.69) is 5.32 Å². The van der Waals surface area contributed by atoms with Gasteiger partial charge in [0.05, 0.1) is 5.92 Å². The minimum atomic E-state index is -0.726. The molecule has 6 heteroatoms. The number of piperidine rings is 1. The van der Waals surface area contributed by atoms with Gasteiger partial charge in [0, 0.05) is 6.54 Å². The Bertz CT molecular complexity index is 1070. The fraction of sp³-hybridized carbons (Fsp3) is 0.333. The second-order valence-electron chi connectivity index (χ2n) is 9.58. The number of phenolic OH excluding ortho intramolecular Hbond substituents is 1. The first-order chi connectivity index (χ1) is 17.5. The highest BCUT2D eigenvalue weighted by molar-refractivity contribution is 5.92. The molecule has 3 aromatic carbocycles. The van der Waals surface area contributed by atoms with E-state index in [0.29, 0.717) is 12.3 Å². The van der Waals surface area contributed by atoms with Crippen LogP contribution in [0.5, 0.6) is 5.75 Å². The Kier molecular flexibility index (Phi) is 8.74. The van der Waals surface area contributed by atoms with Gasteiger partial charge in [-0.25, -0.2) is 0 Å². The molecule has 1 aliphatic rings. The predicted molar refractivity (Wildman–Crippen MR) is 141 cm³/mol. The third-order valence-corrected chi connectivity index (χ3v) is 7.10. The number of nitrogens with one attached hydrogen (secondary N) is 1. The first kappa shape index (κ1) is 25.5. The van der Waals surface area contributed by atoms with Crippen LogP contribution < -0.4 is 11.1 Å². The minimum absolute atomic E-state index is 0.153. The minimum Gasteiger partial charge on any atom is -0.508 e. The summed E-state index contributed by atoms with van der Waals surface area (Å²) < 4.78 is 0. The number of aromatic hydroxyl groups is 1. The average molecular weight is 486 g/mol. The fourth-order valence-electron chi connectivity index (χ4n) is 5.09. The monoisotopic (exact) mass is 485 g/mol. The van der Waals surface area contributed by atoms with Gasteiger partial charge in [-0.15, -0.1) is 0 Å². The highest BCUT2D eigenvalue weighted by Crippen LogP contribution is 2.30. The maximum absolute atomic E-state index is 14.4. The topological polar surface area (TPSA) is 95.7 Å². The van der Waals surface area contributed by atoms with E-state index in [-0.39, 0.29) is 18.2 Å². The lowest BCUT2D eigenvalue weighted by Gasteiger charge is -2.34. The Morgan fingerprint density at radius 3 is 1.97 bits per heavy atom. The summed E-state index contributed by atoms with van der Waals surface area (Å²) in [5.74, 6) is -0.547. The molecule has 1 saturated heterocycles. The van der Waals surface area contributed by atoms with Crippen molar-refractivity contribution in [2.75, 3.05) is 13.1 Å². The summed E-state index contributed by atoms with van der Waals surface area (Å²) in [4.78, 5) is 28.9. The van der Waals surface area contributed by atoms with E-state index in [0.717, 1.165) is 49.0 Å². The van der Waals surface area contributed by atoms with Gasteiger partial charge in [-0.2, -0.15) is 0 Å². The third-order valence-electron chi connectivity index (χ3n) is 7.10. The van der Waals surface area contributed by atoms with Crippen LogP contribution in [-0.4, -0.2) is 41.0 Å². The van der Waals surface area contributed by atoms with Gasteiger partial charge in [-0.1, -0.05) is 72.8 Å². The summed E-state index contributed by atoms with van der Waals surface area (Å²) in [6.45, 7) is 2.19. The number of rotatable bonds is 10. The van der Waals surface area contributed by atoms with E-state index >= 15 is 0 Å². The average Bonchev–Trinajstić information content (AvgIpc) is 2.91. The maximum Gasteiger partial charge on any atom is 0.240 e. The van der Waals surface area contributed by atoms with Crippen molar-refractivity contribution in [1.82, 2.24) is 10.2 Å². The van der Waals surface area contributed by atoms with Crippen LogP contribution in [0.25, 0.3) is 0 Å². The molecular weight excluding hydrogens is 450 g/mol. The van der Waals surface area contributed by atoms with Gasteiger partial charge >= 0.3 is 0 Å². The van der Waals surface area contributed by atoms with Crippen LogP contribution in [0.15, 0.2) is 84.9 Å². The molecule has 1 aliphatic heterocycles. The highest BCUT2D eigenvalue weighted by atomic mass is 16.3. The van der Waals surface area contributed by atoms with Gasteiger partial charge in [0.1, 0.15) is 11.8 Å². The zero-order chi connectivity index (χ0) is 25.3.